The lowest BCUT2D eigenvalue weighted by Gasteiger charge is -2.39. The summed E-state index contributed by atoms with van der Waals surface area (Å²) in [6, 6.07) is 0. The van der Waals surface area contributed by atoms with Crippen LogP contribution in [0.2, 0.25) is 0 Å². The smallest absolute Gasteiger partial charge is 0.0855 e. The molecule has 1 aliphatic carbocycles. The van der Waals surface area contributed by atoms with Gasteiger partial charge in [-0.05, 0) is 31.1 Å². The fourth-order valence-corrected chi connectivity index (χ4v) is 2.89. The Balaban J connectivity index is 2.17. The summed E-state index contributed by atoms with van der Waals surface area (Å²) in [6.45, 7) is 5.60. The van der Waals surface area contributed by atoms with Crippen LogP contribution < -0.4 is 5.73 Å². The highest BCUT2D eigenvalue weighted by atomic mass is 16.5. The number of ether oxygens (including phenoxy) is 1. The molecule has 0 aromatic carbocycles. The van der Waals surface area contributed by atoms with E-state index in [1.165, 1.54) is 0 Å². The highest BCUT2D eigenvalue weighted by Crippen LogP contribution is 2.49. The van der Waals surface area contributed by atoms with Crippen molar-refractivity contribution in [1.29, 1.82) is 0 Å². The second kappa shape index (κ2) is 2.94. The van der Waals surface area contributed by atoms with E-state index in [1.807, 2.05) is 0 Å². The molecule has 1 saturated heterocycles. The predicted molar refractivity (Wildman–Crippen MR) is 54.9 cm³/mol. The first kappa shape index (κ1) is 10.4. The van der Waals surface area contributed by atoms with Gasteiger partial charge in [-0.1, -0.05) is 13.8 Å². The average Bonchev–Trinajstić information content (AvgIpc) is 2.59. The van der Waals surface area contributed by atoms with Crippen LogP contribution in [-0.2, 0) is 4.74 Å². The SMILES string of the molecule is CC1(C)CCC(O)(C2(N)CCOC2)C1. The molecule has 0 aromatic rings. The molecular formula is C11H21NO2. The number of hydrogen-bond acceptors (Lipinski definition) is 3. The molecule has 2 unspecified atom stereocenters. The maximum Gasteiger partial charge on any atom is 0.0855 e. The zero-order valence-corrected chi connectivity index (χ0v) is 9.18. The van der Waals surface area contributed by atoms with Crippen LogP contribution in [0.15, 0.2) is 0 Å². The number of aliphatic hydroxyl groups is 1. The molecular weight excluding hydrogens is 178 g/mol. The van der Waals surface area contributed by atoms with E-state index in [0.717, 1.165) is 25.7 Å². The zero-order chi connectivity index (χ0) is 10.4. The Labute approximate surface area is 85.6 Å². The molecule has 14 heavy (non-hydrogen) atoms. The van der Waals surface area contributed by atoms with E-state index in [4.69, 9.17) is 10.5 Å². The third kappa shape index (κ3) is 1.47. The molecule has 0 radical (unpaired) electrons. The molecule has 0 amide bonds. The summed E-state index contributed by atoms with van der Waals surface area (Å²) in [5.41, 5.74) is 5.27. The van der Waals surface area contributed by atoms with Crippen molar-refractivity contribution in [3.05, 3.63) is 0 Å². The Kier molecular flexibility index (Phi) is 2.18. The van der Waals surface area contributed by atoms with E-state index in [0.29, 0.717) is 13.2 Å². The number of nitrogens with two attached hydrogens (primary N) is 1. The van der Waals surface area contributed by atoms with Gasteiger partial charge in [-0.15, -0.1) is 0 Å². The van der Waals surface area contributed by atoms with Gasteiger partial charge in [-0.3, -0.25) is 0 Å². The molecule has 0 aromatic heterocycles. The van der Waals surface area contributed by atoms with Crippen molar-refractivity contribution in [3.8, 4) is 0 Å². The summed E-state index contributed by atoms with van der Waals surface area (Å²) in [6.07, 6.45) is 3.47. The van der Waals surface area contributed by atoms with Crippen LogP contribution in [0.5, 0.6) is 0 Å². The Morgan fingerprint density at radius 3 is 2.36 bits per heavy atom. The van der Waals surface area contributed by atoms with Crippen LogP contribution in [0.25, 0.3) is 0 Å². The van der Waals surface area contributed by atoms with Crippen molar-refractivity contribution in [2.24, 2.45) is 11.1 Å². The average molecular weight is 199 g/mol. The lowest BCUT2D eigenvalue weighted by atomic mass is 9.76. The zero-order valence-electron chi connectivity index (χ0n) is 9.18. The predicted octanol–water partition coefficient (Wildman–Crippen LogP) is 1.05. The molecule has 0 spiro atoms. The third-order valence-corrected chi connectivity index (χ3v) is 3.97. The normalized spacial score (nSPS) is 47.1. The molecule has 2 fully saturated rings. The van der Waals surface area contributed by atoms with Gasteiger partial charge >= 0.3 is 0 Å². The van der Waals surface area contributed by atoms with Crippen molar-refractivity contribution >= 4 is 0 Å². The van der Waals surface area contributed by atoms with Gasteiger partial charge in [-0.25, -0.2) is 0 Å². The van der Waals surface area contributed by atoms with E-state index in [1.54, 1.807) is 0 Å². The van der Waals surface area contributed by atoms with Crippen LogP contribution in [0.3, 0.4) is 0 Å². The summed E-state index contributed by atoms with van der Waals surface area (Å²) in [5.74, 6) is 0. The van der Waals surface area contributed by atoms with Crippen LogP contribution in [-0.4, -0.2) is 29.5 Å². The largest absolute Gasteiger partial charge is 0.388 e. The van der Waals surface area contributed by atoms with Gasteiger partial charge in [0.25, 0.3) is 0 Å². The van der Waals surface area contributed by atoms with Crippen molar-refractivity contribution in [2.75, 3.05) is 13.2 Å². The first-order valence-corrected chi connectivity index (χ1v) is 5.46. The van der Waals surface area contributed by atoms with Gasteiger partial charge in [0.15, 0.2) is 0 Å². The lowest BCUT2D eigenvalue weighted by Crippen LogP contribution is -2.60. The lowest BCUT2D eigenvalue weighted by molar-refractivity contribution is -0.0403. The van der Waals surface area contributed by atoms with Crippen LogP contribution >= 0.6 is 0 Å². The van der Waals surface area contributed by atoms with Crippen molar-refractivity contribution < 1.29 is 9.84 Å². The van der Waals surface area contributed by atoms with Gasteiger partial charge in [0.2, 0.25) is 0 Å². The van der Waals surface area contributed by atoms with Crippen molar-refractivity contribution in [3.63, 3.8) is 0 Å². The standard InChI is InChI=1S/C11H21NO2/c1-9(2)3-4-11(13,7-9)10(12)5-6-14-8-10/h13H,3-8,12H2,1-2H3. The summed E-state index contributed by atoms with van der Waals surface area (Å²) in [7, 11) is 0. The molecule has 1 heterocycles. The fourth-order valence-electron chi connectivity index (χ4n) is 2.89. The molecule has 2 aliphatic rings. The minimum atomic E-state index is -0.701. The van der Waals surface area contributed by atoms with E-state index in [9.17, 15) is 5.11 Å². The summed E-state index contributed by atoms with van der Waals surface area (Å²) < 4.78 is 5.32. The first-order chi connectivity index (χ1) is 6.37. The highest BCUT2D eigenvalue weighted by molar-refractivity contribution is 5.11. The Morgan fingerprint density at radius 2 is 1.93 bits per heavy atom. The monoisotopic (exact) mass is 199 g/mol. The Morgan fingerprint density at radius 1 is 1.21 bits per heavy atom. The summed E-state index contributed by atoms with van der Waals surface area (Å²) in [5, 5.41) is 10.6. The molecule has 3 heteroatoms. The number of hydrogen-bond donors (Lipinski definition) is 2. The Hall–Kier alpha value is -0.120. The summed E-state index contributed by atoms with van der Waals surface area (Å²) >= 11 is 0. The molecule has 2 atom stereocenters. The molecule has 3 N–H and O–H groups in total. The van der Waals surface area contributed by atoms with Gasteiger partial charge in [-0.2, -0.15) is 0 Å². The van der Waals surface area contributed by atoms with Crippen LogP contribution in [0.1, 0.15) is 39.5 Å². The number of rotatable bonds is 1. The van der Waals surface area contributed by atoms with Gasteiger partial charge in [0.1, 0.15) is 0 Å². The van der Waals surface area contributed by atoms with Gasteiger partial charge in [0, 0.05) is 6.61 Å². The maximum absolute atomic E-state index is 10.6. The van der Waals surface area contributed by atoms with Crippen molar-refractivity contribution in [1.82, 2.24) is 0 Å². The first-order valence-electron chi connectivity index (χ1n) is 5.46. The molecule has 82 valence electrons. The minimum absolute atomic E-state index is 0.226. The molecule has 2 rings (SSSR count). The van der Waals surface area contributed by atoms with E-state index >= 15 is 0 Å². The second-order valence-electron chi connectivity index (χ2n) is 5.83. The molecule has 3 nitrogen and oxygen atoms in total. The van der Waals surface area contributed by atoms with E-state index < -0.39 is 11.1 Å². The fraction of sp³-hybridized carbons (Fsp3) is 1.00. The Bertz CT molecular complexity index is 233. The van der Waals surface area contributed by atoms with E-state index in [2.05, 4.69) is 13.8 Å². The molecule has 0 bridgehead atoms. The van der Waals surface area contributed by atoms with Crippen LogP contribution in [0.4, 0.5) is 0 Å². The van der Waals surface area contributed by atoms with Gasteiger partial charge < -0.3 is 15.6 Å². The molecule has 1 saturated carbocycles. The topological polar surface area (TPSA) is 55.5 Å². The minimum Gasteiger partial charge on any atom is -0.388 e. The van der Waals surface area contributed by atoms with Gasteiger partial charge in [0.05, 0.1) is 17.7 Å². The molecule has 1 aliphatic heterocycles. The second-order valence-corrected chi connectivity index (χ2v) is 5.83. The van der Waals surface area contributed by atoms with Crippen molar-refractivity contribution in [2.45, 2.75) is 50.7 Å². The highest BCUT2D eigenvalue weighted by Gasteiger charge is 2.55. The van der Waals surface area contributed by atoms with Crippen LogP contribution in [0, 0.1) is 5.41 Å². The maximum atomic E-state index is 10.6. The third-order valence-electron chi connectivity index (χ3n) is 3.97. The quantitative estimate of drug-likeness (QED) is 0.663. The van der Waals surface area contributed by atoms with E-state index in [-0.39, 0.29) is 5.41 Å². The summed E-state index contributed by atoms with van der Waals surface area (Å²) in [4.78, 5) is 0.